The van der Waals surface area contributed by atoms with Crippen LogP contribution >= 0.6 is 0 Å². The van der Waals surface area contributed by atoms with Crippen molar-refractivity contribution >= 4 is 72.8 Å². The monoisotopic (exact) mass is 1580 g/mol. The maximum atomic E-state index is 11.3. The summed E-state index contributed by atoms with van der Waals surface area (Å²) in [5, 5.41) is 4.32. The predicted molar refractivity (Wildman–Crippen MR) is 487 cm³/mol. The Morgan fingerprint density at radius 3 is 1.44 bits per heavy atom. The first-order valence-corrected chi connectivity index (χ1v) is 41.4. The Morgan fingerprint density at radius 2 is 0.856 bits per heavy atom. The van der Waals surface area contributed by atoms with Gasteiger partial charge in [-0.2, -0.15) is 0 Å². The highest BCUT2D eigenvalue weighted by Gasteiger charge is 2.27. The highest BCUT2D eigenvalue weighted by Crippen LogP contribution is 2.38. The van der Waals surface area contributed by atoms with E-state index in [1.165, 1.54) is 91.4 Å². The molecular formula is C104H119N7O7. The number of amides is 1. The van der Waals surface area contributed by atoms with E-state index in [1.807, 2.05) is 115 Å². The first kappa shape index (κ1) is 85.7. The number of fused-ring (bicyclic) bond motifs is 9. The molecule has 18 rings (SSSR count). The summed E-state index contributed by atoms with van der Waals surface area (Å²) < 4.78 is 23.4. The summed E-state index contributed by atoms with van der Waals surface area (Å²) in [4.78, 5) is 54.4. The smallest absolute Gasteiger partial charge is 0.419 e. The fourth-order valence-corrected chi connectivity index (χ4v) is 14.4. The van der Waals surface area contributed by atoms with Crippen molar-refractivity contribution in [3.8, 4) is 40.0 Å². The molecule has 118 heavy (non-hydrogen) atoms. The quantitative estimate of drug-likeness (QED) is 0.113. The van der Waals surface area contributed by atoms with Gasteiger partial charge >= 0.3 is 11.7 Å². The molecule has 0 bridgehead atoms. The van der Waals surface area contributed by atoms with Gasteiger partial charge in [-0.25, -0.2) is 19.7 Å². The van der Waals surface area contributed by atoms with Crippen molar-refractivity contribution in [3.63, 3.8) is 0 Å². The first-order chi connectivity index (χ1) is 55.4. The van der Waals surface area contributed by atoms with E-state index in [2.05, 4.69) is 280 Å². The van der Waals surface area contributed by atoms with Gasteiger partial charge in [0.15, 0.2) is 16.7 Å². The zero-order chi connectivity index (χ0) is 85.2. The molecule has 10 aromatic carbocycles. The van der Waals surface area contributed by atoms with E-state index in [0.717, 1.165) is 83.8 Å². The summed E-state index contributed by atoms with van der Waals surface area (Å²) >= 11 is 0. The Balaban J connectivity index is 0.000000127. The van der Waals surface area contributed by atoms with E-state index in [0.29, 0.717) is 30.2 Å². The third kappa shape index (κ3) is 20.8. The average molecular weight is 1580 g/mol. The van der Waals surface area contributed by atoms with Crippen LogP contribution in [0, 0.1) is 6.92 Å². The van der Waals surface area contributed by atoms with E-state index < -0.39 is 0 Å². The number of rotatable bonds is 3. The minimum Gasteiger partial charge on any atom is -0.436 e. The number of benzene rings is 10. The number of anilines is 1. The summed E-state index contributed by atoms with van der Waals surface area (Å²) in [5.41, 5.74) is 28.9. The van der Waals surface area contributed by atoms with Crippen molar-refractivity contribution < 1.29 is 27.6 Å². The molecule has 3 N–H and O–H groups in total. The lowest BCUT2D eigenvalue weighted by Crippen LogP contribution is -2.12. The van der Waals surface area contributed by atoms with Crippen LogP contribution in [0.4, 0.5) is 5.69 Å². The Hall–Kier alpha value is -11.6. The predicted octanol–water partition coefficient (Wildman–Crippen LogP) is 26.1. The second kappa shape index (κ2) is 34.1. The summed E-state index contributed by atoms with van der Waals surface area (Å²) in [6.07, 6.45) is 6.12. The van der Waals surface area contributed by atoms with Crippen LogP contribution in [-0.2, 0) is 80.2 Å². The van der Waals surface area contributed by atoms with Gasteiger partial charge in [0.1, 0.15) is 22.6 Å². The molecule has 612 valence electrons. The maximum absolute atomic E-state index is 11.3. The van der Waals surface area contributed by atoms with Crippen LogP contribution in [0.5, 0.6) is 5.75 Å². The topological polar surface area (TPSA) is 187 Å². The van der Waals surface area contributed by atoms with Crippen molar-refractivity contribution in [3.05, 3.63) is 290 Å². The van der Waals surface area contributed by atoms with Gasteiger partial charge in [-0.05, 0) is 211 Å². The summed E-state index contributed by atoms with van der Waals surface area (Å²) in [6.45, 7) is 48.2. The van der Waals surface area contributed by atoms with Crippen LogP contribution in [0.25, 0.3) is 89.5 Å². The highest BCUT2D eigenvalue weighted by molar-refractivity contribution is 5.99. The van der Waals surface area contributed by atoms with E-state index in [4.69, 9.17) is 18.0 Å². The molecule has 2 aliphatic heterocycles. The molecule has 1 aliphatic carbocycles. The number of aromatic nitrogens is 6. The second-order valence-corrected chi connectivity index (χ2v) is 38.7. The van der Waals surface area contributed by atoms with Crippen LogP contribution in [0.2, 0.25) is 0 Å². The normalized spacial score (nSPS) is 13.4. The Morgan fingerprint density at radius 1 is 0.390 bits per heavy atom. The number of H-pyrrole nitrogens is 2. The molecule has 0 atom stereocenters. The number of hydrogen-bond donors (Lipinski definition) is 3. The molecule has 5 aromatic heterocycles. The number of aryl methyl sites for hydroxylation is 4. The molecule has 14 heteroatoms. The van der Waals surface area contributed by atoms with E-state index in [9.17, 15) is 14.4 Å². The fourth-order valence-electron chi connectivity index (χ4n) is 14.4. The SMILES string of the molecule is CC(C)(C)c1ccc2c(c1)NC(=O)C2.CC(C)(C)c1ccc2c(c1)OC(=O)C2.CC(C)(C)c1ccc2c3c([nH]c2c1)CCCC3.CC(C)(C)c1ccc2nc(-c3ccccc3)[nH]c2c1.CC(C)(C)c1ccc2oc(-c3ccccc3)nc2c1.Cc1ccccc1-c1nc2cc(C(C)(C)C)ccc2o1.Cn1c(=O)oc2ccc(C(C)(C)C)cc21. The zero-order valence-corrected chi connectivity index (χ0v) is 73.6. The van der Waals surface area contributed by atoms with Crippen molar-refractivity contribution in [1.29, 1.82) is 0 Å². The Kier molecular flexibility index (Phi) is 24.8. The van der Waals surface area contributed by atoms with Crippen molar-refractivity contribution in [2.45, 2.75) is 229 Å². The Labute approximate surface area is 696 Å². The van der Waals surface area contributed by atoms with Crippen LogP contribution in [-0.4, -0.2) is 41.4 Å². The lowest BCUT2D eigenvalue weighted by Gasteiger charge is -2.19. The fraction of sp³-hybridized carbons (Fsp3) is 0.346. The Bertz CT molecular complexity index is 5940. The van der Waals surface area contributed by atoms with Gasteiger partial charge in [0.25, 0.3) is 0 Å². The molecule has 0 saturated carbocycles. The second-order valence-electron chi connectivity index (χ2n) is 38.7. The number of ether oxygens (including phenoxy) is 1. The lowest BCUT2D eigenvalue weighted by molar-refractivity contribution is -0.131. The van der Waals surface area contributed by atoms with Gasteiger partial charge in [0.2, 0.25) is 17.7 Å². The molecule has 15 aromatic rings. The largest absolute Gasteiger partial charge is 0.436 e. The van der Waals surface area contributed by atoms with Gasteiger partial charge in [-0.3, -0.25) is 14.2 Å². The van der Waals surface area contributed by atoms with E-state index >= 15 is 0 Å². The van der Waals surface area contributed by atoms with E-state index in [1.54, 1.807) is 12.6 Å². The number of carbonyl (C=O) groups is 2. The van der Waals surface area contributed by atoms with Crippen LogP contribution < -0.4 is 15.8 Å². The molecule has 1 amide bonds. The molecule has 0 unspecified atom stereocenters. The highest BCUT2D eigenvalue weighted by atomic mass is 16.5. The van der Waals surface area contributed by atoms with Gasteiger partial charge in [0.05, 0.1) is 29.4 Å². The number of carbonyl (C=O) groups excluding carboxylic acids is 2. The minimum atomic E-state index is -0.309. The molecule has 3 aliphatic rings. The minimum absolute atomic E-state index is 0.0848. The molecular weight excluding hydrogens is 1460 g/mol. The maximum Gasteiger partial charge on any atom is 0.419 e. The van der Waals surface area contributed by atoms with Crippen LogP contribution in [0.3, 0.4) is 0 Å². The summed E-state index contributed by atoms with van der Waals surface area (Å²) in [5.74, 6) is 2.70. The molecule has 0 spiro atoms. The molecule has 14 nitrogen and oxygen atoms in total. The first-order valence-electron chi connectivity index (χ1n) is 41.4. The lowest BCUT2D eigenvalue weighted by atomic mass is 9.86. The number of esters is 1. The molecule has 0 radical (unpaired) electrons. The van der Waals surface area contributed by atoms with Crippen molar-refractivity contribution in [2.24, 2.45) is 7.05 Å². The van der Waals surface area contributed by atoms with Gasteiger partial charge < -0.3 is 33.3 Å². The third-order valence-corrected chi connectivity index (χ3v) is 22.0. The molecule has 0 fully saturated rings. The van der Waals surface area contributed by atoms with Crippen molar-refractivity contribution in [2.75, 3.05) is 5.32 Å². The number of nitrogens with one attached hydrogen (secondary N) is 3. The average Bonchev–Trinajstić information content (AvgIpc) is 1.64. The number of nitrogens with zero attached hydrogens (tertiary/aromatic N) is 4. The summed E-state index contributed by atoms with van der Waals surface area (Å²) in [7, 11) is 1.72. The van der Waals surface area contributed by atoms with Crippen molar-refractivity contribution in [1.82, 2.24) is 29.5 Å². The van der Waals surface area contributed by atoms with Crippen LogP contribution in [0.1, 0.15) is 225 Å². The number of aromatic amines is 2. The number of hydrogen-bond acceptors (Lipinski definition) is 10. The standard InChI is InChI=1S/C18H19NO.C17H18N2.C17H17NO.C16H21N.C12H15NO2.C12H15NO.C12H14O2/c1-12-7-5-6-8-14(12)17-19-15-11-13(18(2,3)4)9-10-16(15)20-17;1-17(2,3)13-9-10-14-15(11-13)19-16(18-14)12-7-5-4-6-8-12;1-17(2,3)13-9-10-15-14(11-13)18-16(19-15)12-7-5-4-6-8-12;1-16(2,3)11-8-9-13-12-6-4-5-7-14(12)17-15(13)10-11;1-12(2,3)8-5-6-10-9(7-8)13(4)11(14)15-10;1-12(2,3)9-5-4-8-6-11(14)13-10(8)7-9;1-12(2,3)9-5-4-8-6-11(13)14-10(8)7-9/h5-11H,1-4H3;4-11H,1-3H3,(H,18,19);4-11H,1-3H3;8-10,17H,4-7H2,1-3H3;5-7H,1-4H3;4-5,7H,6H2,1-3H3,(H,13,14);4-5,7H,6H2,1-3H3. The van der Waals surface area contributed by atoms with Gasteiger partial charge in [0, 0.05) is 51.6 Å². The van der Waals surface area contributed by atoms with E-state index in [-0.39, 0.29) is 55.5 Å². The zero-order valence-electron chi connectivity index (χ0n) is 73.6. The summed E-state index contributed by atoms with van der Waals surface area (Å²) in [6, 6.07) is 72.4. The molecule has 0 saturated heterocycles. The van der Waals surface area contributed by atoms with Gasteiger partial charge in [-0.1, -0.05) is 273 Å². The third-order valence-electron chi connectivity index (χ3n) is 22.0. The van der Waals surface area contributed by atoms with Gasteiger partial charge in [-0.15, -0.1) is 0 Å². The number of oxazole rings is 3. The number of imidazole rings is 1. The molecule has 7 heterocycles. The van der Waals surface area contributed by atoms with Crippen LogP contribution in [0.15, 0.2) is 230 Å².